The molecule has 2 unspecified atom stereocenters. The van der Waals surface area contributed by atoms with E-state index in [1.54, 1.807) is 11.8 Å². The van der Waals surface area contributed by atoms with Crippen LogP contribution < -0.4 is 10.6 Å². The molecule has 1 saturated heterocycles. The molecule has 2 rings (SSSR count). The number of benzene rings is 1. The van der Waals surface area contributed by atoms with E-state index in [-0.39, 0.29) is 11.9 Å². The molecule has 1 aliphatic heterocycles. The molecular weight excluding hydrogens is 272 g/mol. The maximum atomic E-state index is 11.9. The first-order valence-electron chi connectivity index (χ1n) is 6.96. The number of carbonyl (C=O) groups excluding carboxylic acids is 1. The van der Waals surface area contributed by atoms with Gasteiger partial charge in [0.15, 0.2) is 0 Å². The molecule has 0 aromatic heterocycles. The lowest BCUT2D eigenvalue weighted by Crippen LogP contribution is -2.44. The van der Waals surface area contributed by atoms with Gasteiger partial charge in [-0.15, -0.1) is 0 Å². The van der Waals surface area contributed by atoms with Crippen molar-refractivity contribution in [3.05, 3.63) is 30.3 Å². The summed E-state index contributed by atoms with van der Waals surface area (Å²) in [4.78, 5) is 11.9. The Morgan fingerprint density at radius 2 is 2.20 bits per heavy atom. The summed E-state index contributed by atoms with van der Waals surface area (Å²) in [6.45, 7) is 2.52. The fourth-order valence-electron chi connectivity index (χ4n) is 2.18. The van der Waals surface area contributed by atoms with Crippen molar-refractivity contribution in [1.82, 2.24) is 5.32 Å². The minimum Gasteiger partial charge on any atom is -0.388 e. The number of hydrogen-bond acceptors (Lipinski definition) is 4. The number of carbonyl (C=O) groups is 1. The third-order valence-corrected chi connectivity index (χ3v) is 4.65. The molecule has 1 heterocycles. The zero-order valence-corrected chi connectivity index (χ0v) is 12.6. The second kappa shape index (κ2) is 7.11. The van der Waals surface area contributed by atoms with Crippen molar-refractivity contribution in [1.29, 1.82) is 0 Å². The second-order valence-electron chi connectivity index (χ2n) is 5.43. The Kier molecular flexibility index (Phi) is 5.46. The van der Waals surface area contributed by atoms with E-state index < -0.39 is 5.60 Å². The second-order valence-corrected chi connectivity index (χ2v) is 6.53. The molecule has 110 valence electrons. The lowest BCUT2D eigenvalue weighted by Gasteiger charge is -2.24. The quantitative estimate of drug-likeness (QED) is 0.749. The molecule has 1 aromatic carbocycles. The lowest BCUT2D eigenvalue weighted by molar-refractivity contribution is -0.116. The third-order valence-electron chi connectivity index (χ3n) is 3.41. The maximum absolute atomic E-state index is 11.9. The number of para-hydroxylation sites is 1. The topological polar surface area (TPSA) is 61.4 Å². The van der Waals surface area contributed by atoms with Crippen molar-refractivity contribution in [3.63, 3.8) is 0 Å². The van der Waals surface area contributed by atoms with Gasteiger partial charge in [-0.25, -0.2) is 0 Å². The van der Waals surface area contributed by atoms with Crippen LogP contribution >= 0.6 is 11.8 Å². The molecule has 3 N–H and O–H groups in total. The molecule has 4 nitrogen and oxygen atoms in total. The summed E-state index contributed by atoms with van der Waals surface area (Å²) >= 11 is 1.78. The average Bonchev–Trinajstić information content (AvgIpc) is 2.85. The molecule has 0 radical (unpaired) electrons. The van der Waals surface area contributed by atoms with Crippen molar-refractivity contribution in [2.24, 2.45) is 0 Å². The summed E-state index contributed by atoms with van der Waals surface area (Å²) in [7, 11) is 0. The number of aliphatic hydroxyl groups is 1. The van der Waals surface area contributed by atoms with E-state index in [1.807, 2.05) is 37.3 Å². The van der Waals surface area contributed by atoms with Crippen LogP contribution in [0.15, 0.2) is 30.3 Å². The van der Waals surface area contributed by atoms with E-state index in [0.29, 0.717) is 13.0 Å². The molecular formula is C15H22N2O2S. The molecule has 0 spiro atoms. The van der Waals surface area contributed by atoms with E-state index in [1.165, 1.54) is 0 Å². The van der Waals surface area contributed by atoms with E-state index in [0.717, 1.165) is 23.6 Å². The zero-order valence-electron chi connectivity index (χ0n) is 11.8. The Labute approximate surface area is 124 Å². The highest BCUT2D eigenvalue weighted by Gasteiger charge is 2.31. The molecule has 0 saturated carbocycles. The molecule has 5 heteroatoms. The minimum atomic E-state index is -0.602. The largest absolute Gasteiger partial charge is 0.388 e. The molecule has 2 atom stereocenters. The number of rotatable bonds is 6. The minimum absolute atomic E-state index is 0.0102. The fourth-order valence-corrected chi connectivity index (χ4v) is 3.48. The normalized spacial score (nSPS) is 23.5. The maximum Gasteiger partial charge on any atom is 0.225 e. The SMILES string of the molecule is CC(CC(=O)Nc1ccccc1)NCC1(O)CCSC1. The first kappa shape index (κ1) is 15.4. The van der Waals surface area contributed by atoms with Gasteiger partial charge in [0.25, 0.3) is 0 Å². The van der Waals surface area contributed by atoms with Crippen LogP contribution in [0.25, 0.3) is 0 Å². The predicted molar refractivity (Wildman–Crippen MR) is 84.0 cm³/mol. The Balaban J connectivity index is 1.71. The summed E-state index contributed by atoms with van der Waals surface area (Å²) < 4.78 is 0. The smallest absolute Gasteiger partial charge is 0.225 e. The van der Waals surface area contributed by atoms with Gasteiger partial charge in [-0.05, 0) is 31.2 Å². The molecule has 1 amide bonds. The number of anilines is 1. The first-order valence-corrected chi connectivity index (χ1v) is 8.11. The van der Waals surface area contributed by atoms with Gasteiger partial charge >= 0.3 is 0 Å². The first-order chi connectivity index (χ1) is 9.57. The van der Waals surface area contributed by atoms with Crippen molar-refractivity contribution < 1.29 is 9.90 Å². The molecule has 1 aliphatic rings. The molecule has 20 heavy (non-hydrogen) atoms. The number of amides is 1. The van der Waals surface area contributed by atoms with Crippen molar-refractivity contribution in [3.8, 4) is 0 Å². The summed E-state index contributed by atoms with van der Waals surface area (Å²) in [6.07, 6.45) is 1.23. The van der Waals surface area contributed by atoms with Crippen molar-refractivity contribution in [2.75, 3.05) is 23.4 Å². The van der Waals surface area contributed by atoms with Crippen LogP contribution in [0, 0.1) is 0 Å². The number of thioether (sulfide) groups is 1. The Hall–Kier alpha value is -1.04. The highest BCUT2D eigenvalue weighted by atomic mass is 32.2. The summed E-state index contributed by atoms with van der Waals surface area (Å²) in [5.41, 5.74) is 0.213. The van der Waals surface area contributed by atoms with Crippen LogP contribution in [-0.4, -0.2) is 40.7 Å². The van der Waals surface area contributed by atoms with E-state index >= 15 is 0 Å². The van der Waals surface area contributed by atoms with Crippen LogP contribution in [0.2, 0.25) is 0 Å². The van der Waals surface area contributed by atoms with Crippen LogP contribution in [0.5, 0.6) is 0 Å². The van der Waals surface area contributed by atoms with Gasteiger partial charge in [0.2, 0.25) is 5.91 Å². The Morgan fingerprint density at radius 3 is 2.85 bits per heavy atom. The van der Waals surface area contributed by atoms with Gasteiger partial charge in [0, 0.05) is 30.4 Å². The number of nitrogens with one attached hydrogen (secondary N) is 2. The van der Waals surface area contributed by atoms with Gasteiger partial charge in [-0.2, -0.15) is 11.8 Å². The standard InChI is InChI=1S/C15H22N2O2S/c1-12(16-10-15(19)7-8-20-11-15)9-14(18)17-13-5-3-2-4-6-13/h2-6,12,16,19H,7-11H2,1H3,(H,17,18). The molecule has 0 aliphatic carbocycles. The number of hydrogen-bond donors (Lipinski definition) is 3. The Bertz CT molecular complexity index is 433. The van der Waals surface area contributed by atoms with Gasteiger partial charge in [-0.1, -0.05) is 18.2 Å². The fraction of sp³-hybridized carbons (Fsp3) is 0.533. The van der Waals surface area contributed by atoms with Gasteiger partial charge in [0.05, 0.1) is 5.60 Å². The molecule has 1 fully saturated rings. The highest BCUT2D eigenvalue weighted by molar-refractivity contribution is 7.99. The average molecular weight is 294 g/mol. The zero-order chi connectivity index (χ0) is 14.4. The monoisotopic (exact) mass is 294 g/mol. The summed E-state index contributed by atoms with van der Waals surface area (Å²) in [5.74, 6) is 1.79. The van der Waals surface area contributed by atoms with Crippen LogP contribution in [0.4, 0.5) is 5.69 Å². The van der Waals surface area contributed by atoms with Crippen molar-refractivity contribution >= 4 is 23.4 Å². The molecule has 1 aromatic rings. The van der Waals surface area contributed by atoms with Crippen molar-refractivity contribution in [2.45, 2.75) is 31.4 Å². The van der Waals surface area contributed by atoms with Gasteiger partial charge in [-0.3, -0.25) is 4.79 Å². The van der Waals surface area contributed by atoms with E-state index in [2.05, 4.69) is 10.6 Å². The summed E-state index contributed by atoms with van der Waals surface area (Å²) in [5, 5.41) is 16.3. The highest BCUT2D eigenvalue weighted by Crippen LogP contribution is 2.27. The lowest BCUT2D eigenvalue weighted by atomic mass is 10.0. The van der Waals surface area contributed by atoms with E-state index in [9.17, 15) is 9.90 Å². The molecule has 0 bridgehead atoms. The predicted octanol–water partition coefficient (Wildman–Crippen LogP) is 1.86. The van der Waals surface area contributed by atoms with Gasteiger partial charge in [0.1, 0.15) is 0 Å². The Morgan fingerprint density at radius 1 is 1.45 bits per heavy atom. The van der Waals surface area contributed by atoms with Crippen LogP contribution in [0.3, 0.4) is 0 Å². The van der Waals surface area contributed by atoms with E-state index in [4.69, 9.17) is 0 Å². The van der Waals surface area contributed by atoms with Crippen LogP contribution in [-0.2, 0) is 4.79 Å². The van der Waals surface area contributed by atoms with Crippen LogP contribution in [0.1, 0.15) is 19.8 Å². The van der Waals surface area contributed by atoms with Gasteiger partial charge < -0.3 is 15.7 Å². The third kappa shape index (κ3) is 4.81. The summed E-state index contributed by atoms with van der Waals surface area (Å²) in [6, 6.07) is 9.49.